The van der Waals surface area contributed by atoms with Crippen LogP contribution >= 0.6 is 0 Å². The average molecular weight is 356 g/mol. The summed E-state index contributed by atoms with van der Waals surface area (Å²) in [4.78, 5) is 28.0. The molecule has 134 valence electrons. The van der Waals surface area contributed by atoms with Gasteiger partial charge in [-0.15, -0.1) is 0 Å². The van der Waals surface area contributed by atoms with Gasteiger partial charge in [0.15, 0.2) is 11.3 Å². The van der Waals surface area contributed by atoms with E-state index in [1.54, 1.807) is 6.92 Å². The summed E-state index contributed by atoms with van der Waals surface area (Å²) in [5.74, 6) is -2.26. The lowest BCUT2D eigenvalue weighted by molar-refractivity contribution is -0.158. The number of nitrogens with one attached hydrogen (secondary N) is 1. The van der Waals surface area contributed by atoms with Crippen LogP contribution in [-0.2, 0) is 4.74 Å². The van der Waals surface area contributed by atoms with Crippen molar-refractivity contribution in [1.82, 2.24) is 19.9 Å². The zero-order valence-corrected chi connectivity index (χ0v) is 13.4. The molecular weight excluding hydrogens is 341 g/mol. The number of hydrogen-bond acceptors (Lipinski definition) is 5. The van der Waals surface area contributed by atoms with E-state index in [1.165, 1.54) is 17.7 Å². The molecule has 0 bridgehead atoms. The van der Waals surface area contributed by atoms with Gasteiger partial charge in [0.1, 0.15) is 11.6 Å². The average Bonchev–Trinajstić information content (AvgIpc) is 3.28. The molecule has 1 aliphatic carbocycles. The fourth-order valence-corrected chi connectivity index (χ4v) is 2.60. The summed E-state index contributed by atoms with van der Waals surface area (Å²) >= 11 is 0. The van der Waals surface area contributed by atoms with Crippen molar-refractivity contribution in [3.05, 3.63) is 29.2 Å². The van der Waals surface area contributed by atoms with Crippen LogP contribution in [-0.4, -0.2) is 45.8 Å². The summed E-state index contributed by atoms with van der Waals surface area (Å²) in [6.07, 6.45) is -2.56. The summed E-state index contributed by atoms with van der Waals surface area (Å²) in [5.41, 5.74) is 0.286. The first-order chi connectivity index (χ1) is 11.7. The van der Waals surface area contributed by atoms with Crippen molar-refractivity contribution in [2.75, 3.05) is 7.11 Å². The van der Waals surface area contributed by atoms with E-state index in [-0.39, 0.29) is 16.9 Å². The predicted octanol–water partition coefficient (Wildman–Crippen LogP) is 1.90. The molecule has 2 aromatic rings. The van der Waals surface area contributed by atoms with E-state index < -0.39 is 30.0 Å². The van der Waals surface area contributed by atoms with E-state index in [9.17, 15) is 22.8 Å². The zero-order valence-electron chi connectivity index (χ0n) is 13.4. The number of rotatable bonds is 4. The van der Waals surface area contributed by atoms with Crippen molar-refractivity contribution in [3.63, 3.8) is 0 Å². The molecule has 1 saturated carbocycles. The fourth-order valence-electron chi connectivity index (χ4n) is 2.60. The van der Waals surface area contributed by atoms with Gasteiger partial charge in [-0.05, 0) is 31.7 Å². The number of fused-ring (bicyclic) bond motifs is 1. The van der Waals surface area contributed by atoms with Crippen LogP contribution in [0.25, 0.3) is 5.65 Å². The monoisotopic (exact) mass is 356 g/mol. The van der Waals surface area contributed by atoms with Crippen molar-refractivity contribution >= 4 is 17.5 Å². The van der Waals surface area contributed by atoms with Gasteiger partial charge in [0, 0.05) is 5.69 Å². The molecule has 1 aliphatic rings. The van der Waals surface area contributed by atoms with Crippen LogP contribution in [0.5, 0.6) is 0 Å². The molecule has 1 atom stereocenters. The third-order valence-electron chi connectivity index (χ3n) is 4.02. The van der Waals surface area contributed by atoms with E-state index >= 15 is 0 Å². The largest absolute Gasteiger partial charge is 0.464 e. The maximum absolute atomic E-state index is 13.1. The van der Waals surface area contributed by atoms with Crippen molar-refractivity contribution in [2.24, 2.45) is 5.92 Å². The van der Waals surface area contributed by atoms with E-state index in [0.29, 0.717) is 18.5 Å². The highest BCUT2D eigenvalue weighted by molar-refractivity contribution is 6.00. The lowest BCUT2D eigenvalue weighted by atomic mass is 10.1. The SMILES string of the molecule is COC(=O)c1cc(C)n2ncc(C(=O)N[C@@H](C3CC3)C(F)(F)F)c2n1. The highest BCUT2D eigenvalue weighted by Crippen LogP contribution is 2.40. The van der Waals surface area contributed by atoms with Crippen molar-refractivity contribution in [3.8, 4) is 0 Å². The standard InChI is InChI=1S/C15H15F3N4O3/c1-7-5-10(14(24)25-2)20-12-9(6-19-22(7)12)13(23)21-11(8-3-4-8)15(16,17)18/h5-6,8,11H,3-4H2,1-2H3,(H,21,23)/t11-/m0/s1. The molecule has 0 aliphatic heterocycles. The number of carbonyl (C=O) groups is 2. The number of methoxy groups -OCH3 is 1. The number of nitrogens with zero attached hydrogens (tertiary/aromatic N) is 3. The summed E-state index contributed by atoms with van der Waals surface area (Å²) in [7, 11) is 1.18. The zero-order chi connectivity index (χ0) is 18.4. The second-order valence-corrected chi connectivity index (χ2v) is 5.90. The topological polar surface area (TPSA) is 85.6 Å². The van der Waals surface area contributed by atoms with Crippen LogP contribution in [0.1, 0.15) is 39.4 Å². The van der Waals surface area contributed by atoms with Gasteiger partial charge >= 0.3 is 12.1 Å². The summed E-state index contributed by atoms with van der Waals surface area (Å²) in [6.45, 7) is 1.62. The van der Waals surface area contributed by atoms with Gasteiger partial charge in [-0.3, -0.25) is 4.79 Å². The number of carbonyl (C=O) groups excluding carboxylic acids is 2. The minimum Gasteiger partial charge on any atom is -0.464 e. The van der Waals surface area contributed by atoms with Gasteiger partial charge in [-0.2, -0.15) is 18.3 Å². The second-order valence-electron chi connectivity index (χ2n) is 5.90. The summed E-state index contributed by atoms with van der Waals surface area (Å²) in [5, 5.41) is 5.98. The van der Waals surface area contributed by atoms with E-state index in [1.807, 2.05) is 5.32 Å². The number of alkyl halides is 3. The molecular formula is C15H15F3N4O3. The quantitative estimate of drug-likeness (QED) is 0.846. The maximum atomic E-state index is 13.1. The van der Waals surface area contributed by atoms with Crippen molar-refractivity contribution < 1.29 is 27.5 Å². The molecule has 0 spiro atoms. The first-order valence-corrected chi connectivity index (χ1v) is 7.53. The third-order valence-corrected chi connectivity index (χ3v) is 4.02. The van der Waals surface area contributed by atoms with E-state index in [0.717, 1.165) is 6.20 Å². The molecule has 1 N–H and O–H groups in total. The summed E-state index contributed by atoms with van der Waals surface area (Å²) < 4.78 is 45.1. The highest BCUT2D eigenvalue weighted by Gasteiger charge is 2.49. The second kappa shape index (κ2) is 6.01. The third kappa shape index (κ3) is 3.28. The minimum atomic E-state index is -4.53. The van der Waals surface area contributed by atoms with Crippen LogP contribution in [0.3, 0.4) is 0 Å². The lowest BCUT2D eigenvalue weighted by Crippen LogP contribution is -2.46. The number of esters is 1. The van der Waals surface area contributed by atoms with Gasteiger partial charge < -0.3 is 10.1 Å². The Morgan fingerprint density at radius 3 is 2.64 bits per heavy atom. The van der Waals surface area contributed by atoms with Crippen LogP contribution < -0.4 is 5.32 Å². The molecule has 0 aromatic carbocycles. The fraction of sp³-hybridized carbons (Fsp3) is 0.467. The minimum absolute atomic E-state index is 0.00498. The number of aromatic nitrogens is 3. The molecule has 10 heteroatoms. The van der Waals surface area contributed by atoms with Gasteiger partial charge in [0.05, 0.1) is 13.3 Å². The number of amides is 1. The first kappa shape index (κ1) is 17.2. The molecule has 1 amide bonds. The Hall–Kier alpha value is -2.65. The molecule has 0 unspecified atom stereocenters. The van der Waals surface area contributed by atoms with Gasteiger partial charge in [-0.25, -0.2) is 14.3 Å². The van der Waals surface area contributed by atoms with Gasteiger partial charge in [0.2, 0.25) is 0 Å². The number of aryl methyl sites for hydroxylation is 1. The number of hydrogen-bond donors (Lipinski definition) is 1. The number of halogens is 3. The van der Waals surface area contributed by atoms with E-state index in [4.69, 9.17) is 0 Å². The van der Waals surface area contributed by atoms with Crippen LogP contribution in [0, 0.1) is 12.8 Å². The molecule has 2 heterocycles. The van der Waals surface area contributed by atoms with Crippen LogP contribution in [0.4, 0.5) is 13.2 Å². The molecule has 0 radical (unpaired) electrons. The molecule has 7 nitrogen and oxygen atoms in total. The Morgan fingerprint density at radius 1 is 1.40 bits per heavy atom. The van der Waals surface area contributed by atoms with Crippen LogP contribution in [0.2, 0.25) is 0 Å². The Kier molecular flexibility index (Phi) is 4.13. The normalized spacial score (nSPS) is 15.9. The molecule has 2 aromatic heterocycles. The Morgan fingerprint density at radius 2 is 2.08 bits per heavy atom. The molecule has 3 rings (SSSR count). The molecule has 1 fully saturated rings. The first-order valence-electron chi connectivity index (χ1n) is 7.53. The van der Waals surface area contributed by atoms with Gasteiger partial charge in [0.25, 0.3) is 5.91 Å². The number of ether oxygens (including phenoxy) is 1. The Labute approximate surface area is 140 Å². The Bertz CT molecular complexity index is 842. The molecule has 25 heavy (non-hydrogen) atoms. The Balaban J connectivity index is 1.96. The highest BCUT2D eigenvalue weighted by atomic mass is 19.4. The smallest absolute Gasteiger partial charge is 0.408 e. The van der Waals surface area contributed by atoms with Crippen LogP contribution in [0.15, 0.2) is 12.3 Å². The predicted molar refractivity (Wildman–Crippen MR) is 79.1 cm³/mol. The van der Waals surface area contributed by atoms with Gasteiger partial charge in [-0.1, -0.05) is 0 Å². The van der Waals surface area contributed by atoms with Crippen molar-refractivity contribution in [1.29, 1.82) is 0 Å². The van der Waals surface area contributed by atoms with Crippen molar-refractivity contribution in [2.45, 2.75) is 32.0 Å². The molecule has 0 saturated heterocycles. The maximum Gasteiger partial charge on any atom is 0.408 e. The lowest BCUT2D eigenvalue weighted by Gasteiger charge is -2.20. The van der Waals surface area contributed by atoms with E-state index in [2.05, 4.69) is 14.8 Å². The summed E-state index contributed by atoms with van der Waals surface area (Å²) in [6, 6.07) is -0.490.